The summed E-state index contributed by atoms with van der Waals surface area (Å²) >= 11 is 6.83. The van der Waals surface area contributed by atoms with Crippen LogP contribution in [0.1, 0.15) is 10.8 Å². The average molecular weight is 418 g/mol. The molecule has 4 rings (SSSR count). The third kappa shape index (κ3) is 4.67. The van der Waals surface area contributed by atoms with Gasteiger partial charge in [-0.15, -0.1) is 11.8 Å². The topological polar surface area (TPSA) is 49.8 Å². The Hall–Kier alpha value is -3.09. The summed E-state index contributed by atoms with van der Waals surface area (Å²) < 4.78 is 2.47. The minimum Gasteiger partial charge on any atom is -0.337 e. The fourth-order valence-electron chi connectivity index (χ4n) is 3.00. The largest absolute Gasteiger partial charge is 0.337 e. The van der Waals surface area contributed by atoms with Crippen molar-refractivity contribution < 1.29 is 4.79 Å². The van der Waals surface area contributed by atoms with Crippen LogP contribution in [0, 0.1) is 4.77 Å². The lowest BCUT2D eigenvalue weighted by Gasteiger charge is -2.17. The van der Waals surface area contributed by atoms with Crippen LogP contribution in [0.25, 0.3) is 5.69 Å². The fraction of sp³-hybridized carbons (Fsp3) is 0.0435. The number of aromatic amines is 1. The Labute approximate surface area is 178 Å². The van der Waals surface area contributed by atoms with Gasteiger partial charge < -0.3 is 10.3 Å². The van der Waals surface area contributed by atoms with Gasteiger partial charge in [-0.2, -0.15) is 0 Å². The second kappa shape index (κ2) is 8.94. The third-order valence-corrected chi connectivity index (χ3v) is 5.96. The van der Waals surface area contributed by atoms with Crippen LogP contribution in [0.5, 0.6) is 0 Å². The molecule has 1 aromatic heterocycles. The van der Waals surface area contributed by atoms with Gasteiger partial charge in [-0.05, 0) is 48.1 Å². The van der Waals surface area contributed by atoms with E-state index in [0.29, 0.717) is 4.77 Å². The van der Waals surface area contributed by atoms with Crippen LogP contribution in [-0.4, -0.2) is 15.5 Å². The lowest BCUT2D eigenvalue weighted by Crippen LogP contribution is -2.19. The number of aromatic nitrogens is 2. The van der Waals surface area contributed by atoms with E-state index in [4.69, 9.17) is 12.2 Å². The van der Waals surface area contributed by atoms with Crippen molar-refractivity contribution in [2.75, 3.05) is 5.32 Å². The van der Waals surface area contributed by atoms with Gasteiger partial charge in [0.1, 0.15) is 5.25 Å². The minimum absolute atomic E-state index is 0.0696. The van der Waals surface area contributed by atoms with Gasteiger partial charge in [-0.25, -0.2) is 0 Å². The Morgan fingerprint density at radius 1 is 0.966 bits per heavy atom. The standard InChI is InChI=1S/C23H19N3OS2/c27-22(25-18-10-7-11-19(16-18)26-15-14-24-23(26)28)21(17-8-3-1-4-9-17)29-20-12-5-2-6-13-20/h1-16,21H,(H,24,28)(H,25,27). The van der Waals surface area contributed by atoms with Crippen LogP contribution in [0.15, 0.2) is 102 Å². The van der Waals surface area contributed by atoms with E-state index in [1.807, 2.05) is 95.7 Å². The van der Waals surface area contributed by atoms with Crippen molar-refractivity contribution in [2.45, 2.75) is 10.1 Å². The quantitative estimate of drug-likeness (QED) is 0.298. The average Bonchev–Trinajstić information content (AvgIpc) is 3.19. The van der Waals surface area contributed by atoms with Gasteiger partial charge in [0, 0.05) is 28.7 Å². The molecule has 1 atom stereocenters. The zero-order valence-electron chi connectivity index (χ0n) is 15.5. The van der Waals surface area contributed by atoms with Crippen molar-refractivity contribution in [3.8, 4) is 5.69 Å². The predicted molar refractivity (Wildman–Crippen MR) is 121 cm³/mol. The summed E-state index contributed by atoms with van der Waals surface area (Å²) in [5.41, 5.74) is 2.58. The summed E-state index contributed by atoms with van der Waals surface area (Å²) in [6, 6.07) is 27.4. The van der Waals surface area contributed by atoms with Crippen LogP contribution in [0.3, 0.4) is 0 Å². The second-order valence-electron chi connectivity index (χ2n) is 6.40. The first kappa shape index (κ1) is 19.2. The maximum Gasteiger partial charge on any atom is 0.242 e. The molecule has 0 spiro atoms. The summed E-state index contributed by atoms with van der Waals surface area (Å²) in [4.78, 5) is 17.2. The predicted octanol–water partition coefficient (Wildman–Crippen LogP) is 6.01. The number of nitrogens with zero attached hydrogens (tertiary/aromatic N) is 1. The molecule has 0 saturated heterocycles. The van der Waals surface area contributed by atoms with Gasteiger partial charge in [0.25, 0.3) is 0 Å². The Balaban J connectivity index is 1.60. The molecular weight excluding hydrogens is 398 g/mol. The third-order valence-electron chi connectivity index (χ3n) is 4.38. The van der Waals surface area contributed by atoms with E-state index >= 15 is 0 Å². The van der Waals surface area contributed by atoms with Crippen LogP contribution in [0.4, 0.5) is 5.69 Å². The molecule has 2 N–H and O–H groups in total. The van der Waals surface area contributed by atoms with Crippen molar-refractivity contribution in [1.29, 1.82) is 0 Å². The van der Waals surface area contributed by atoms with Gasteiger partial charge in [-0.1, -0.05) is 54.6 Å². The van der Waals surface area contributed by atoms with Crippen molar-refractivity contribution >= 4 is 35.6 Å². The number of nitrogens with one attached hydrogen (secondary N) is 2. The number of thioether (sulfide) groups is 1. The van der Waals surface area contributed by atoms with E-state index in [9.17, 15) is 4.79 Å². The van der Waals surface area contributed by atoms with Gasteiger partial charge in [0.2, 0.25) is 5.91 Å². The Bertz CT molecular complexity index is 1150. The number of carbonyl (C=O) groups excluding carboxylic acids is 1. The molecule has 0 saturated carbocycles. The van der Waals surface area contributed by atoms with E-state index in [2.05, 4.69) is 10.3 Å². The van der Waals surface area contributed by atoms with Crippen molar-refractivity contribution in [3.63, 3.8) is 0 Å². The molecule has 4 aromatic rings. The van der Waals surface area contributed by atoms with E-state index in [1.54, 1.807) is 6.20 Å². The molecule has 0 fully saturated rings. The number of amides is 1. The zero-order chi connectivity index (χ0) is 20.1. The van der Waals surface area contributed by atoms with Crippen LogP contribution < -0.4 is 5.32 Å². The van der Waals surface area contributed by atoms with Crippen LogP contribution in [-0.2, 0) is 4.79 Å². The highest BCUT2D eigenvalue weighted by Crippen LogP contribution is 2.36. The fourth-order valence-corrected chi connectivity index (χ4v) is 4.28. The summed E-state index contributed by atoms with van der Waals surface area (Å²) in [5.74, 6) is -0.0696. The number of carbonyl (C=O) groups is 1. The summed E-state index contributed by atoms with van der Waals surface area (Å²) in [5, 5.41) is 2.70. The van der Waals surface area contributed by atoms with Gasteiger partial charge >= 0.3 is 0 Å². The molecule has 0 radical (unpaired) electrons. The van der Waals surface area contributed by atoms with E-state index in [-0.39, 0.29) is 11.2 Å². The molecule has 3 aromatic carbocycles. The van der Waals surface area contributed by atoms with E-state index in [0.717, 1.165) is 21.8 Å². The monoisotopic (exact) mass is 417 g/mol. The Kier molecular flexibility index (Phi) is 5.93. The maximum atomic E-state index is 13.2. The zero-order valence-corrected chi connectivity index (χ0v) is 17.1. The second-order valence-corrected chi connectivity index (χ2v) is 7.96. The number of hydrogen-bond acceptors (Lipinski definition) is 3. The summed E-state index contributed by atoms with van der Waals surface area (Å²) in [6.07, 6.45) is 3.65. The molecule has 1 heterocycles. The first-order chi connectivity index (χ1) is 14.2. The van der Waals surface area contributed by atoms with Crippen molar-refractivity contribution in [2.24, 2.45) is 0 Å². The smallest absolute Gasteiger partial charge is 0.242 e. The normalized spacial score (nSPS) is 11.7. The number of imidazole rings is 1. The van der Waals surface area contributed by atoms with Crippen LogP contribution >= 0.6 is 24.0 Å². The van der Waals surface area contributed by atoms with E-state index < -0.39 is 0 Å². The molecule has 1 unspecified atom stereocenters. The van der Waals surface area contributed by atoms with Gasteiger partial charge in [-0.3, -0.25) is 9.36 Å². The summed E-state index contributed by atoms with van der Waals surface area (Å²) in [7, 11) is 0. The molecular formula is C23H19N3OS2. The lowest BCUT2D eigenvalue weighted by atomic mass is 10.1. The number of rotatable bonds is 6. The maximum absolute atomic E-state index is 13.2. The minimum atomic E-state index is -0.364. The van der Waals surface area contributed by atoms with Crippen LogP contribution in [0.2, 0.25) is 0 Å². The van der Waals surface area contributed by atoms with E-state index in [1.165, 1.54) is 11.8 Å². The molecule has 144 valence electrons. The number of anilines is 1. The van der Waals surface area contributed by atoms with Crippen molar-refractivity contribution in [1.82, 2.24) is 9.55 Å². The molecule has 29 heavy (non-hydrogen) atoms. The lowest BCUT2D eigenvalue weighted by molar-refractivity contribution is -0.115. The highest BCUT2D eigenvalue weighted by Gasteiger charge is 2.22. The summed E-state index contributed by atoms with van der Waals surface area (Å²) in [6.45, 7) is 0. The van der Waals surface area contributed by atoms with Gasteiger partial charge in [0.15, 0.2) is 4.77 Å². The van der Waals surface area contributed by atoms with Gasteiger partial charge in [0.05, 0.1) is 0 Å². The SMILES string of the molecule is O=C(Nc1cccc(-n2cc[nH]c2=S)c1)C(Sc1ccccc1)c1ccccc1. The molecule has 1 amide bonds. The first-order valence-electron chi connectivity index (χ1n) is 9.15. The number of H-pyrrole nitrogens is 1. The number of benzene rings is 3. The number of hydrogen-bond donors (Lipinski definition) is 2. The molecule has 0 aliphatic rings. The molecule has 4 nitrogen and oxygen atoms in total. The molecule has 0 bridgehead atoms. The molecule has 6 heteroatoms. The first-order valence-corrected chi connectivity index (χ1v) is 10.4. The molecule has 0 aliphatic carbocycles. The highest BCUT2D eigenvalue weighted by molar-refractivity contribution is 8.00. The Morgan fingerprint density at radius 2 is 1.69 bits per heavy atom. The Morgan fingerprint density at radius 3 is 2.38 bits per heavy atom. The van der Waals surface area contributed by atoms with Crippen molar-refractivity contribution in [3.05, 3.63) is 108 Å². The highest BCUT2D eigenvalue weighted by atomic mass is 32.2. The molecule has 0 aliphatic heterocycles.